The molecule has 0 aromatic heterocycles. The van der Waals surface area contributed by atoms with Crippen LogP contribution in [0.4, 0.5) is 0 Å². The summed E-state index contributed by atoms with van der Waals surface area (Å²) in [5, 5.41) is 0. The van der Waals surface area contributed by atoms with Crippen molar-refractivity contribution >= 4 is 11.9 Å². The molecule has 0 spiro atoms. The Kier molecular flexibility index (Phi) is 9.43. The monoisotopic (exact) mass is 510 g/mol. The molecule has 3 aromatic carbocycles. The largest absolute Gasteiger partial charge is 0.462 e. The Hall–Kier alpha value is -4.84. The van der Waals surface area contributed by atoms with E-state index in [4.69, 9.17) is 18.9 Å². The summed E-state index contributed by atoms with van der Waals surface area (Å²) in [6.45, 7) is 14.2. The molecule has 0 N–H and O–H groups in total. The van der Waals surface area contributed by atoms with Crippen molar-refractivity contribution < 1.29 is 28.5 Å². The number of ether oxygens (including phenoxy) is 4. The van der Waals surface area contributed by atoms with Crippen molar-refractivity contribution in [3.05, 3.63) is 121 Å². The van der Waals surface area contributed by atoms with Gasteiger partial charge in [0.15, 0.2) is 0 Å². The van der Waals surface area contributed by atoms with E-state index < -0.39 is 11.9 Å². The number of rotatable bonds is 10. The molecule has 0 saturated heterocycles. The fraction of sp³-hybridized carbons (Fsp3) is 0.125. The third-order valence-electron chi connectivity index (χ3n) is 5.46. The van der Waals surface area contributed by atoms with Crippen LogP contribution < -0.4 is 9.47 Å². The van der Waals surface area contributed by atoms with E-state index in [1.807, 2.05) is 43.3 Å². The maximum atomic E-state index is 11.4. The first-order valence-electron chi connectivity index (χ1n) is 11.8. The minimum Gasteiger partial charge on any atom is -0.462 e. The molecule has 0 saturated carbocycles. The molecule has 194 valence electrons. The zero-order valence-electron chi connectivity index (χ0n) is 21.9. The summed E-state index contributed by atoms with van der Waals surface area (Å²) >= 11 is 0. The van der Waals surface area contributed by atoms with E-state index in [2.05, 4.69) is 44.3 Å². The van der Waals surface area contributed by atoms with Gasteiger partial charge in [0.05, 0.1) is 0 Å². The van der Waals surface area contributed by atoms with E-state index in [0.717, 1.165) is 33.4 Å². The maximum Gasteiger partial charge on any atom is 0.338 e. The van der Waals surface area contributed by atoms with Gasteiger partial charge in [-0.15, -0.1) is 0 Å². The van der Waals surface area contributed by atoms with Crippen LogP contribution in [0.5, 0.6) is 11.5 Å². The van der Waals surface area contributed by atoms with Crippen molar-refractivity contribution in [2.45, 2.75) is 27.7 Å². The average Bonchev–Trinajstić information content (AvgIpc) is 2.89. The molecule has 0 aliphatic carbocycles. The number of aryl methyl sites for hydroxylation is 2. The second kappa shape index (κ2) is 12.9. The van der Waals surface area contributed by atoms with Gasteiger partial charge in [0.2, 0.25) is 0 Å². The number of benzene rings is 3. The van der Waals surface area contributed by atoms with Crippen molar-refractivity contribution in [1.82, 2.24) is 0 Å². The highest BCUT2D eigenvalue weighted by Crippen LogP contribution is 2.32. The zero-order chi connectivity index (χ0) is 27.7. The van der Waals surface area contributed by atoms with Crippen LogP contribution in [-0.2, 0) is 19.1 Å². The smallest absolute Gasteiger partial charge is 0.338 e. The van der Waals surface area contributed by atoms with Gasteiger partial charge in [0.25, 0.3) is 0 Å². The van der Waals surface area contributed by atoms with Crippen LogP contribution in [0.15, 0.2) is 110 Å². The van der Waals surface area contributed by atoms with Crippen molar-refractivity contribution in [3.8, 4) is 33.8 Å². The number of carbonyl (C=O) groups excluding carboxylic acids is 2. The normalized spacial score (nSPS) is 10.8. The Morgan fingerprint density at radius 3 is 1.71 bits per heavy atom. The van der Waals surface area contributed by atoms with Gasteiger partial charge in [-0.2, -0.15) is 0 Å². The number of esters is 2. The van der Waals surface area contributed by atoms with Crippen LogP contribution in [-0.4, -0.2) is 11.9 Å². The van der Waals surface area contributed by atoms with E-state index in [1.165, 1.54) is 25.0 Å². The fourth-order valence-corrected chi connectivity index (χ4v) is 3.43. The first-order valence-corrected chi connectivity index (χ1v) is 11.8. The Morgan fingerprint density at radius 1 is 0.632 bits per heavy atom. The van der Waals surface area contributed by atoms with Gasteiger partial charge in [-0.1, -0.05) is 49.6 Å². The van der Waals surface area contributed by atoms with Gasteiger partial charge in [-0.05, 0) is 85.3 Å². The van der Waals surface area contributed by atoms with Gasteiger partial charge in [-0.3, -0.25) is 0 Å². The van der Waals surface area contributed by atoms with Gasteiger partial charge < -0.3 is 18.9 Å². The average molecular weight is 511 g/mol. The molecule has 0 unspecified atom stereocenters. The lowest BCUT2D eigenvalue weighted by Crippen LogP contribution is -1.99. The Morgan fingerprint density at radius 2 is 1.16 bits per heavy atom. The summed E-state index contributed by atoms with van der Waals surface area (Å²) in [4.78, 5) is 22.8. The van der Waals surface area contributed by atoms with Crippen LogP contribution in [0.25, 0.3) is 22.3 Å². The molecule has 0 bridgehead atoms. The highest BCUT2D eigenvalue weighted by molar-refractivity contribution is 5.87. The molecular weight excluding hydrogens is 480 g/mol. The highest BCUT2D eigenvalue weighted by Gasteiger charge is 2.08. The van der Waals surface area contributed by atoms with Crippen LogP contribution in [0.3, 0.4) is 0 Å². The molecule has 0 heterocycles. The lowest BCUT2D eigenvalue weighted by atomic mass is 9.95. The van der Waals surface area contributed by atoms with E-state index in [1.54, 1.807) is 13.8 Å². The summed E-state index contributed by atoms with van der Waals surface area (Å²) in [7, 11) is 0. The van der Waals surface area contributed by atoms with E-state index in [0.29, 0.717) is 22.6 Å². The molecule has 38 heavy (non-hydrogen) atoms. The zero-order valence-corrected chi connectivity index (χ0v) is 21.9. The number of carbonyl (C=O) groups is 2. The van der Waals surface area contributed by atoms with Gasteiger partial charge in [0.1, 0.15) is 36.5 Å². The first-order chi connectivity index (χ1) is 18.2. The molecule has 0 aliphatic rings. The van der Waals surface area contributed by atoms with Gasteiger partial charge in [0, 0.05) is 11.1 Å². The molecule has 0 radical (unpaired) electrons. The van der Waals surface area contributed by atoms with E-state index >= 15 is 0 Å². The molecule has 0 amide bonds. The molecule has 0 fully saturated rings. The summed E-state index contributed by atoms with van der Waals surface area (Å²) in [5.41, 5.74) is 7.01. The summed E-state index contributed by atoms with van der Waals surface area (Å²) in [6, 6.07) is 19.9. The predicted molar refractivity (Wildman–Crippen MR) is 148 cm³/mol. The second-order valence-electron chi connectivity index (χ2n) is 8.69. The molecular formula is C32H30O6. The molecule has 6 heteroatoms. The topological polar surface area (TPSA) is 71.1 Å². The van der Waals surface area contributed by atoms with Crippen LogP contribution in [0, 0.1) is 13.8 Å². The fourth-order valence-electron chi connectivity index (χ4n) is 3.43. The molecule has 3 aromatic rings. The van der Waals surface area contributed by atoms with Crippen molar-refractivity contribution in [3.63, 3.8) is 0 Å². The number of hydrogen-bond donors (Lipinski definition) is 0. The third-order valence-corrected chi connectivity index (χ3v) is 5.46. The number of hydrogen-bond acceptors (Lipinski definition) is 6. The Labute approximate surface area is 223 Å². The van der Waals surface area contributed by atoms with Crippen molar-refractivity contribution in [2.24, 2.45) is 0 Å². The van der Waals surface area contributed by atoms with E-state index in [-0.39, 0.29) is 0 Å². The summed E-state index contributed by atoms with van der Waals surface area (Å²) in [5.74, 6) is 0.272. The van der Waals surface area contributed by atoms with Gasteiger partial charge in [-0.25, -0.2) is 9.59 Å². The quantitative estimate of drug-likeness (QED) is 0.159. The van der Waals surface area contributed by atoms with Crippen LogP contribution >= 0.6 is 0 Å². The molecule has 0 aliphatic heterocycles. The lowest BCUT2D eigenvalue weighted by Gasteiger charge is -2.12. The second-order valence-corrected chi connectivity index (χ2v) is 8.69. The lowest BCUT2D eigenvalue weighted by molar-refractivity contribution is -0.134. The van der Waals surface area contributed by atoms with Crippen molar-refractivity contribution in [2.75, 3.05) is 0 Å². The van der Waals surface area contributed by atoms with Gasteiger partial charge >= 0.3 is 11.9 Å². The standard InChI is InChI=1S/C32H30O6/c1-21(2)31(33)37-17-15-35-28-11-7-25(8-12-28)26-9-13-29(23(5)19-26)27-10-14-30(24(6)20-27)36-16-18-38-32(34)22(3)4/h7-20H,1,3H2,2,4-6H3/b17-15-,18-16-. The Balaban J connectivity index is 1.65. The summed E-state index contributed by atoms with van der Waals surface area (Å²) < 4.78 is 20.8. The predicted octanol–water partition coefficient (Wildman–Crippen LogP) is 7.58. The maximum absolute atomic E-state index is 11.4. The highest BCUT2D eigenvalue weighted by atomic mass is 16.5. The van der Waals surface area contributed by atoms with Crippen LogP contribution in [0.2, 0.25) is 0 Å². The third kappa shape index (κ3) is 7.58. The minimum atomic E-state index is -0.505. The SMILES string of the molecule is C=C(C)C(=O)O/C=C\Oc1ccc(-c2ccc(-c3ccc(O/C=C\OC(=O)C(=C)C)c(C)c3)c(C)c2)cc1. The minimum absolute atomic E-state index is 0.314. The first kappa shape index (κ1) is 27.7. The Bertz CT molecular complexity index is 1410. The van der Waals surface area contributed by atoms with E-state index in [9.17, 15) is 9.59 Å². The molecule has 3 rings (SSSR count). The van der Waals surface area contributed by atoms with Crippen LogP contribution in [0.1, 0.15) is 25.0 Å². The molecule has 6 nitrogen and oxygen atoms in total. The molecule has 0 atom stereocenters. The summed E-state index contributed by atoms with van der Waals surface area (Å²) in [6.07, 6.45) is 5.02. The van der Waals surface area contributed by atoms with Crippen molar-refractivity contribution in [1.29, 1.82) is 0 Å².